The molecule has 2 aromatic rings. The summed E-state index contributed by atoms with van der Waals surface area (Å²) in [6, 6.07) is 9.78. The molecule has 158 valence electrons. The van der Waals surface area contributed by atoms with Crippen LogP contribution in [0.15, 0.2) is 35.2 Å². The zero-order chi connectivity index (χ0) is 21.3. The summed E-state index contributed by atoms with van der Waals surface area (Å²) in [5, 5.41) is 0. The van der Waals surface area contributed by atoms with Gasteiger partial charge in [-0.25, -0.2) is 9.97 Å². The summed E-state index contributed by atoms with van der Waals surface area (Å²) in [6.45, 7) is 8.96. The number of hydrogen-bond donors (Lipinski definition) is 0. The van der Waals surface area contributed by atoms with Gasteiger partial charge >= 0.3 is 0 Å². The molecule has 0 N–H and O–H groups in total. The molecule has 30 heavy (non-hydrogen) atoms. The molecule has 0 atom stereocenters. The Balaban J connectivity index is 1.40. The molecule has 4 rings (SSSR count). The second kappa shape index (κ2) is 8.63. The molecule has 0 bridgehead atoms. The topological polar surface area (TPSA) is 69.6 Å². The fraction of sp³-hybridized carbons (Fsp3) is 0.455. The lowest BCUT2D eigenvalue weighted by molar-refractivity contribution is -0.131. The molecule has 0 radical (unpaired) electrons. The number of hydrogen-bond acceptors (Lipinski definition) is 6. The van der Waals surface area contributed by atoms with Crippen LogP contribution in [-0.4, -0.2) is 65.2 Å². The molecule has 2 aliphatic rings. The van der Waals surface area contributed by atoms with Gasteiger partial charge in [0.25, 0.3) is 0 Å². The van der Waals surface area contributed by atoms with Gasteiger partial charge in [-0.1, -0.05) is 26.0 Å². The summed E-state index contributed by atoms with van der Waals surface area (Å²) >= 11 is 1.53. The molecule has 8 heteroatoms. The molecule has 7 nitrogen and oxygen atoms in total. The number of nitrogens with zero attached hydrogens (tertiary/aromatic N) is 5. The van der Waals surface area contributed by atoms with E-state index in [2.05, 4.69) is 23.7 Å². The minimum atomic E-state index is -0.0108. The Labute approximate surface area is 181 Å². The highest BCUT2D eigenvalue weighted by atomic mass is 32.2. The average molecular weight is 426 g/mol. The largest absolute Gasteiger partial charge is 0.353 e. The molecule has 2 aliphatic heterocycles. The highest BCUT2D eigenvalue weighted by molar-refractivity contribution is 8.00. The van der Waals surface area contributed by atoms with Crippen molar-refractivity contribution in [2.24, 2.45) is 0 Å². The lowest BCUT2D eigenvalue weighted by Crippen LogP contribution is -2.52. The lowest BCUT2D eigenvalue weighted by Gasteiger charge is -2.37. The van der Waals surface area contributed by atoms with Gasteiger partial charge in [0.1, 0.15) is 18.2 Å². The SMILES string of the molecule is Cc1cc(N2CCN(C(=O)CN3C(=O)CSc4ccccc43)CC2)nc(C(C)C)n1. The van der Waals surface area contributed by atoms with Crippen molar-refractivity contribution in [3.63, 3.8) is 0 Å². The van der Waals surface area contributed by atoms with Gasteiger partial charge in [-0.3, -0.25) is 9.59 Å². The highest BCUT2D eigenvalue weighted by Gasteiger charge is 2.29. The Morgan fingerprint density at radius 3 is 2.60 bits per heavy atom. The number of anilines is 2. The maximum Gasteiger partial charge on any atom is 0.242 e. The average Bonchev–Trinajstić information content (AvgIpc) is 2.75. The molecular formula is C22H27N5O2S. The second-order valence-electron chi connectivity index (χ2n) is 7.98. The second-order valence-corrected chi connectivity index (χ2v) is 9.00. The molecule has 1 aromatic heterocycles. The molecule has 0 unspecified atom stereocenters. The summed E-state index contributed by atoms with van der Waals surface area (Å²) in [5.74, 6) is 2.41. The number of rotatable bonds is 4. The first-order valence-corrected chi connectivity index (χ1v) is 11.3. The number of carbonyl (C=O) groups excluding carboxylic acids is 2. The Morgan fingerprint density at radius 2 is 1.87 bits per heavy atom. The van der Waals surface area contributed by atoms with Crippen molar-refractivity contribution >= 4 is 35.1 Å². The number of amides is 2. The molecule has 3 heterocycles. The molecule has 0 saturated carbocycles. The smallest absolute Gasteiger partial charge is 0.242 e. The van der Waals surface area contributed by atoms with E-state index in [1.54, 1.807) is 4.90 Å². The van der Waals surface area contributed by atoms with Crippen LogP contribution in [0.25, 0.3) is 0 Å². The fourth-order valence-corrected chi connectivity index (χ4v) is 4.68. The summed E-state index contributed by atoms with van der Waals surface area (Å²) in [7, 11) is 0. The predicted octanol–water partition coefficient (Wildman–Crippen LogP) is 2.70. The van der Waals surface area contributed by atoms with Gasteiger partial charge in [0, 0.05) is 48.8 Å². The van der Waals surface area contributed by atoms with Crippen LogP contribution in [-0.2, 0) is 9.59 Å². The van der Waals surface area contributed by atoms with Crippen LogP contribution >= 0.6 is 11.8 Å². The molecule has 0 aliphatic carbocycles. The van der Waals surface area contributed by atoms with Crippen LogP contribution in [0.1, 0.15) is 31.3 Å². The summed E-state index contributed by atoms with van der Waals surface area (Å²) in [6.07, 6.45) is 0. The standard InChI is InChI=1S/C22H27N5O2S/c1-15(2)22-23-16(3)12-19(24-22)25-8-10-26(11-9-25)20(28)13-27-17-6-4-5-7-18(17)30-14-21(27)29/h4-7,12,15H,8-11,13-14H2,1-3H3. The van der Waals surface area contributed by atoms with Gasteiger partial charge in [0.2, 0.25) is 11.8 Å². The zero-order valence-corrected chi connectivity index (χ0v) is 18.5. The van der Waals surface area contributed by atoms with E-state index in [0.29, 0.717) is 18.8 Å². The van der Waals surface area contributed by atoms with Crippen LogP contribution in [0, 0.1) is 6.92 Å². The van der Waals surface area contributed by atoms with E-state index in [-0.39, 0.29) is 24.3 Å². The summed E-state index contributed by atoms with van der Waals surface area (Å²) in [5.41, 5.74) is 1.80. The van der Waals surface area contributed by atoms with E-state index in [9.17, 15) is 9.59 Å². The Morgan fingerprint density at radius 1 is 1.13 bits per heavy atom. The zero-order valence-electron chi connectivity index (χ0n) is 17.7. The van der Waals surface area contributed by atoms with E-state index in [1.807, 2.05) is 42.2 Å². The summed E-state index contributed by atoms with van der Waals surface area (Å²) in [4.78, 5) is 41.4. The molecule has 2 amide bonds. The van der Waals surface area contributed by atoms with Crippen LogP contribution in [0.4, 0.5) is 11.5 Å². The Kier molecular flexibility index (Phi) is 5.94. The number of para-hydroxylation sites is 1. The number of benzene rings is 1. The van der Waals surface area contributed by atoms with Crippen molar-refractivity contribution < 1.29 is 9.59 Å². The molecular weight excluding hydrogens is 398 g/mol. The monoisotopic (exact) mass is 425 g/mol. The number of thioether (sulfide) groups is 1. The first-order chi connectivity index (χ1) is 14.4. The minimum Gasteiger partial charge on any atom is -0.353 e. The number of fused-ring (bicyclic) bond motifs is 1. The van der Waals surface area contributed by atoms with E-state index in [4.69, 9.17) is 4.98 Å². The highest BCUT2D eigenvalue weighted by Crippen LogP contribution is 2.34. The predicted molar refractivity (Wildman–Crippen MR) is 119 cm³/mol. The van der Waals surface area contributed by atoms with E-state index < -0.39 is 0 Å². The van der Waals surface area contributed by atoms with E-state index >= 15 is 0 Å². The van der Waals surface area contributed by atoms with Crippen LogP contribution < -0.4 is 9.80 Å². The van der Waals surface area contributed by atoms with Crippen molar-refractivity contribution in [2.75, 3.05) is 48.3 Å². The first-order valence-electron chi connectivity index (χ1n) is 10.3. The third kappa shape index (κ3) is 4.28. The van der Waals surface area contributed by atoms with Crippen molar-refractivity contribution in [3.8, 4) is 0 Å². The van der Waals surface area contributed by atoms with Gasteiger partial charge in [-0.05, 0) is 19.1 Å². The van der Waals surface area contributed by atoms with E-state index in [1.165, 1.54) is 11.8 Å². The molecule has 1 aromatic carbocycles. The lowest BCUT2D eigenvalue weighted by atomic mass is 10.2. The third-order valence-electron chi connectivity index (χ3n) is 5.43. The Bertz CT molecular complexity index is 956. The normalized spacial score (nSPS) is 16.8. The number of carbonyl (C=O) groups is 2. The van der Waals surface area contributed by atoms with Crippen LogP contribution in [0.3, 0.4) is 0 Å². The molecule has 1 fully saturated rings. The maximum atomic E-state index is 12.9. The third-order valence-corrected chi connectivity index (χ3v) is 6.48. The van der Waals surface area contributed by atoms with Crippen molar-refractivity contribution in [1.82, 2.24) is 14.9 Å². The van der Waals surface area contributed by atoms with Gasteiger partial charge < -0.3 is 14.7 Å². The number of aromatic nitrogens is 2. The van der Waals surface area contributed by atoms with Crippen molar-refractivity contribution in [1.29, 1.82) is 0 Å². The fourth-order valence-electron chi connectivity index (χ4n) is 3.74. The van der Waals surface area contributed by atoms with Gasteiger partial charge in [0.15, 0.2) is 0 Å². The van der Waals surface area contributed by atoms with E-state index in [0.717, 1.165) is 41.0 Å². The van der Waals surface area contributed by atoms with Crippen molar-refractivity contribution in [3.05, 3.63) is 41.9 Å². The van der Waals surface area contributed by atoms with Crippen LogP contribution in [0.5, 0.6) is 0 Å². The number of aryl methyl sites for hydroxylation is 1. The van der Waals surface area contributed by atoms with Crippen LogP contribution in [0.2, 0.25) is 0 Å². The van der Waals surface area contributed by atoms with Gasteiger partial charge in [0.05, 0.1) is 11.4 Å². The Hall–Kier alpha value is -2.61. The molecule has 0 spiro atoms. The number of piperazine rings is 1. The minimum absolute atomic E-state index is 0.00793. The first kappa shape index (κ1) is 20.7. The maximum absolute atomic E-state index is 12.9. The summed E-state index contributed by atoms with van der Waals surface area (Å²) < 4.78 is 0. The van der Waals surface area contributed by atoms with Gasteiger partial charge in [-0.15, -0.1) is 11.8 Å². The quantitative estimate of drug-likeness (QED) is 0.750. The molecule has 1 saturated heterocycles. The van der Waals surface area contributed by atoms with Gasteiger partial charge in [-0.2, -0.15) is 0 Å². The van der Waals surface area contributed by atoms with Crippen molar-refractivity contribution in [2.45, 2.75) is 31.6 Å².